The quantitative estimate of drug-likeness (QED) is 0.0170. The van der Waals surface area contributed by atoms with E-state index in [0.29, 0.717) is 0 Å². The Kier molecular flexibility index (Phi) is 27.4. The van der Waals surface area contributed by atoms with Gasteiger partial charge in [0.15, 0.2) is 11.9 Å². The van der Waals surface area contributed by atoms with Gasteiger partial charge < -0.3 is 80.6 Å². The molecule has 0 aromatic rings. The third-order valence-corrected chi connectivity index (χ3v) is 9.40. The van der Waals surface area contributed by atoms with E-state index in [4.69, 9.17) is 38.2 Å². The summed E-state index contributed by atoms with van der Waals surface area (Å²) in [4.78, 5) is 139. The van der Waals surface area contributed by atoms with Gasteiger partial charge >= 0.3 is 11.9 Å². The van der Waals surface area contributed by atoms with Crippen LogP contribution in [0.3, 0.4) is 0 Å². The Morgan fingerprint density at radius 1 is 0.522 bits per heavy atom. The van der Waals surface area contributed by atoms with E-state index < -0.39 is 133 Å². The highest BCUT2D eigenvalue weighted by molar-refractivity contribution is 5.98. The number of carboxylic acid groups (broad SMARTS) is 2. The molecule has 7 atom stereocenters. The van der Waals surface area contributed by atoms with Crippen molar-refractivity contribution in [2.45, 2.75) is 135 Å². The fraction of sp³-hybridized carbons (Fsp3) is 0.667. The molecule has 0 heterocycles. The Bertz CT molecular complexity index is 1800. The number of guanidine groups is 2. The average molecular weight is 956 g/mol. The largest absolute Gasteiger partial charge is 0.481 e. The first-order chi connectivity index (χ1) is 31.1. The minimum absolute atomic E-state index is 0.0299. The van der Waals surface area contributed by atoms with Crippen LogP contribution < -0.4 is 70.4 Å². The van der Waals surface area contributed by atoms with Crippen LogP contribution in [0.25, 0.3) is 0 Å². The van der Waals surface area contributed by atoms with Crippen LogP contribution in [0.15, 0.2) is 0 Å². The number of hydrogen-bond acceptors (Lipinski definition) is 13. The molecule has 0 rings (SSSR count). The van der Waals surface area contributed by atoms with Crippen molar-refractivity contribution in [1.29, 1.82) is 10.8 Å². The van der Waals surface area contributed by atoms with E-state index >= 15 is 0 Å². The molecule has 0 aliphatic carbocycles. The lowest BCUT2D eigenvalue weighted by molar-refractivity contribution is -0.140. The number of aliphatic carboxylic acids is 2. The van der Waals surface area contributed by atoms with Gasteiger partial charge in [0, 0.05) is 26.4 Å². The van der Waals surface area contributed by atoms with Gasteiger partial charge in [0.25, 0.3) is 0 Å². The molecule has 0 saturated heterocycles. The van der Waals surface area contributed by atoms with E-state index in [-0.39, 0.29) is 69.5 Å². The summed E-state index contributed by atoms with van der Waals surface area (Å²) in [7, 11) is 0. The molecule has 0 bridgehead atoms. The second-order valence-corrected chi connectivity index (χ2v) is 16.3. The van der Waals surface area contributed by atoms with E-state index in [0.717, 1.165) is 6.92 Å². The standard InChI is InChI=1S/C39H69N15O13/c1-18(2)15-26(36(66)52-25(31(40)61)16-29(59)60)53-32(62)20(5)48-34(64)22(9-7-13-45-38(41)42)50-35(65)23(10-8-14-46-39(43)44)51-37(67)30(19(3)4)54-27(56)17-47-33(63)24(49-21(6)55)11-12-28(57)58/h18-20,22-26,30H,7-17H2,1-6H3,(H2,40,61)(H,47,63)(H,48,64)(H,49,55)(H,50,65)(H,51,67)(H,52,66)(H,53,62)(H,54,56)(H,57,58)(H,59,60)(H4,41,42,45)(H4,43,44,46). The Morgan fingerprint density at radius 2 is 0.985 bits per heavy atom. The first kappa shape index (κ1) is 59.7. The number of nitrogens with two attached hydrogens (primary N) is 3. The van der Waals surface area contributed by atoms with Gasteiger partial charge in [-0.3, -0.25) is 63.6 Å². The lowest BCUT2D eigenvalue weighted by atomic mass is 10.0. The molecule has 28 nitrogen and oxygen atoms in total. The van der Waals surface area contributed by atoms with Crippen molar-refractivity contribution < 1.29 is 63.0 Å². The predicted molar refractivity (Wildman–Crippen MR) is 239 cm³/mol. The molecule has 0 aliphatic rings. The highest BCUT2D eigenvalue weighted by Crippen LogP contribution is 2.09. The van der Waals surface area contributed by atoms with Crippen molar-refractivity contribution in [2.24, 2.45) is 29.0 Å². The lowest BCUT2D eigenvalue weighted by Crippen LogP contribution is -2.60. The maximum absolute atomic E-state index is 14.0. The molecule has 9 amide bonds. The SMILES string of the molecule is CC(=O)NC(CCC(=O)O)C(=O)NCC(=O)NC(C(=O)NC(CCCNC(=N)N)C(=O)NC(CCCNC(=N)N)C(=O)NC(C)C(=O)NC(CC(C)C)C(=O)NC(CC(=O)O)C(N)=O)C(C)C. The van der Waals surface area contributed by atoms with Gasteiger partial charge in [0.2, 0.25) is 53.2 Å². The van der Waals surface area contributed by atoms with Crippen LogP contribution in [0.1, 0.15) is 92.9 Å². The van der Waals surface area contributed by atoms with Crippen LogP contribution >= 0.6 is 0 Å². The van der Waals surface area contributed by atoms with Crippen LogP contribution in [-0.2, 0) is 52.7 Å². The van der Waals surface area contributed by atoms with Crippen molar-refractivity contribution >= 4 is 77.0 Å². The van der Waals surface area contributed by atoms with Gasteiger partial charge in [0.1, 0.15) is 42.3 Å². The number of rotatable bonds is 32. The van der Waals surface area contributed by atoms with E-state index in [1.165, 1.54) is 6.92 Å². The summed E-state index contributed by atoms with van der Waals surface area (Å²) in [6.07, 6.45) is -1.45. The fourth-order valence-electron chi connectivity index (χ4n) is 6.01. The number of amides is 9. The number of primary amides is 1. The van der Waals surface area contributed by atoms with E-state index in [1.54, 1.807) is 27.7 Å². The number of carbonyl (C=O) groups is 11. The summed E-state index contributed by atoms with van der Waals surface area (Å²) in [5.74, 6) is -12.1. The van der Waals surface area contributed by atoms with Gasteiger partial charge in [-0.2, -0.15) is 0 Å². The van der Waals surface area contributed by atoms with E-state index in [9.17, 15) is 52.7 Å². The lowest BCUT2D eigenvalue weighted by Gasteiger charge is -2.28. The Hall–Kier alpha value is -7.29. The monoisotopic (exact) mass is 956 g/mol. The summed E-state index contributed by atoms with van der Waals surface area (Å²) in [6.45, 7) is 8.49. The number of carboxylic acids is 2. The Balaban J connectivity index is 6.36. The highest BCUT2D eigenvalue weighted by Gasteiger charge is 2.33. The Labute approximate surface area is 387 Å². The summed E-state index contributed by atoms with van der Waals surface area (Å²) in [5, 5.41) is 57.5. The summed E-state index contributed by atoms with van der Waals surface area (Å²) in [6, 6.07) is -9.59. The van der Waals surface area contributed by atoms with Crippen LogP contribution in [-0.4, -0.2) is 149 Å². The van der Waals surface area contributed by atoms with Crippen LogP contribution in [0, 0.1) is 22.7 Å². The molecule has 378 valence electrons. The third-order valence-electron chi connectivity index (χ3n) is 9.40. The van der Waals surface area contributed by atoms with E-state index in [1.807, 2.05) is 0 Å². The second-order valence-electron chi connectivity index (χ2n) is 16.3. The van der Waals surface area contributed by atoms with Crippen LogP contribution in [0.2, 0.25) is 0 Å². The van der Waals surface area contributed by atoms with Crippen molar-refractivity contribution in [3.63, 3.8) is 0 Å². The van der Waals surface area contributed by atoms with Crippen molar-refractivity contribution in [2.75, 3.05) is 19.6 Å². The molecular formula is C39H69N15O13. The number of hydrogen-bond donors (Lipinski definition) is 17. The zero-order valence-electron chi connectivity index (χ0n) is 38.6. The fourth-order valence-corrected chi connectivity index (χ4v) is 6.01. The normalized spacial score (nSPS) is 13.9. The van der Waals surface area contributed by atoms with Crippen molar-refractivity contribution in [3.05, 3.63) is 0 Å². The maximum atomic E-state index is 14.0. The smallest absolute Gasteiger partial charge is 0.305 e. The number of carbonyl (C=O) groups excluding carboxylic acids is 9. The van der Waals surface area contributed by atoms with Crippen LogP contribution in [0.5, 0.6) is 0 Å². The molecule has 0 saturated carbocycles. The Morgan fingerprint density at radius 3 is 1.43 bits per heavy atom. The topological polar surface area (TPSA) is 474 Å². The molecule has 0 aromatic carbocycles. The first-order valence-corrected chi connectivity index (χ1v) is 21.4. The molecule has 0 spiro atoms. The zero-order valence-corrected chi connectivity index (χ0v) is 38.6. The van der Waals surface area contributed by atoms with Gasteiger partial charge in [-0.05, 0) is 57.3 Å². The van der Waals surface area contributed by atoms with E-state index in [2.05, 4.69) is 53.2 Å². The minimum atomic E-state index is -1.58. The van der Waals surface area contributed by atoms with Crippen LogP contribution in [0.4, 0.5) is 0 Å². The average Bonchev–Trinajstić information content (AvgIpc) is 3.20. The second kappa shape index (κ2) is 30.8. The zero-order chi connectivity index (χ0) is 51.6. The van der Waals surface area contributed by atoms with Gasteiger partial charge in [-0.15, -0.1) is 0 Å². The molecule has 0 aromatic heterocycles. The molecule has 0 aliphatic heterocycles. The summed E-state index contributed by atoms with van der Waals surface area (Å²) >= 11 is 0. The van der Waals surface area contributed by atoms with Gasteiger partial charge in [-0.1, -0.05) is 27.7 Å². The first-order valence-electron chi connectivity index (χ1n) is 21.4. The van der Waals surface area contributed by atoms with Crippen molar-refractivity contribution in [3.8, 4) is 0 Å². The molecule has 67 heavy (non-hydrogen) atoms. The summed E-state index contributed by atoms with van der Waals surface area (Å²) in [5.41, 5.74) is 16.0. The molecule has 0 fully saturated rings. The number of nitrogens with one attached hydrogen (secondary N) is 12. The molecule has 0 radical (unpaired) electrons. The highest BCUT2D eigenvalue weighted by atomic mass is 16.4. The maximum Gasteiger partial charge on any atom is 0.305 e. The molecule has 7 unspecified atom stereocenters. The third kappa shape index (κ3) is 26.3. The van der Waals surface area contributed by atoms with Gasteiger partial charge in [0.05, 0.1) is 13.0 Å². The molecule has 28 heteroatoms. The summed E-state index contributed by atoms with van der Waals surface area (Å²) < 4.78 is 0. The predicted octanol–water partition coefficient (Wildman–Crippen LogP) is -5.41. The van der Waals surface area contributed by atoms with Gasteiger partial charge in [-0.25, -0.2) is 0 Å². The molecule has 20 N–H and O–H groups in total. The van der Waals surface area contributed by atoms with Crippen molar-refractivity contribution in [1.82, 2.24) is 53.2 Å². The molecular weight excluding hydrogens is 887 g/mol. The minimum Gasteiger partial charge on any atom is -0.481 e.